The third kappa shape index (κ3) is 1.69. The minimum absolute atomic E-state index is 0.0000227. The maximum atomic E-state index is 13.4. The van der Waals surface area contributed by atoms with Gasteiger partial charge in [0.2, 0.25) is 5.91 Å². The molecule has 5 heteroatoms. The van der Waals surface area contributed by atoms with Crippen molar-refractivity contribution in [1.82, 2.24) is 0 Å². The average molecular weight is 222 g/mol. The van der Waals surface area contributed by atoms with Crippen molar-refractivity contribution < 1.29 is 14.0 Å². The van der Waals surface area contributed by atoms with E-state index in [0.29, 0.717) is 5.69 Å². The number of carbonyl (C=O) groups excluding carboxylic acids is 2. The van der Waals surface area contributed by atoms with Gasteiger partial charge in [-0.3, -0.25) is 9.59 Å². The molecule has 4 nitrogen and oxygen atoms in total. The molecule has 0 radical (unpaired) electrons. The molecular weight excluding hydrogens is 211 g/mol. The maximum absolute atomic E-state index is 13.4. The standard InChI is InChI=1S/C11H11FN2O2/c12-9-2-1-3-10(8(9)5-13)14-6-7(15)4-11(14)16/h1-3H,4-6,13H2. The van der Waals surface area contributed by atoms with Crippen LogP contribution >= 0.6 is 0 Å². The number of rotatable bonds is 2. The van der Waals surface area contributed by atoms with Crippen LogP contribution in [-0.2, 0) is 16.1 Å². The van der Waals surface area contributed by atoms with Crippen LogP contribution in [0.2, 0.25) is 0 Å². The topological polar surface area (TPSA) is 63.4 Å². The van der Waals surface area contributed by atoms with Crippen LogP contribution in [0.5, 0.6) is 0 Å². The predicted molar refractivity (Wildman–Crippen MR) is 56.3 cm³/mol. The lowest BCUT2D eigenvalue weighted by molar-refractivity contribution is -0.121. The molecule has 0 bridgehead atoms. The lowest BCUT2D eigenvalue weighted by atomic mass is 10.1. The Labute approximate surface area is 91.8 Å². The molecule has 0 spiro atoms. The van der Waals surface area contributed by atoms with Gasteiger partial charge in [-0.15, -0.1) is 0 Å². The molecule has 0 saturated carbocycles. The fourth-order valence-electron chi connectivity index (χ4n) is 1.81. The minimum Gasteiger partial charge on any atom is -0.326 e. The third-order valence-electron chi connectivity index (χ3n) is 2.57. The summed E-state index contributed by atoms with van der Waals surface area (Å²) in [7, 11) is 0. The molecule has 0 aromatic heterocycles. The molecule has 0 aliphatic carbocycles. The first kappa shape index (κ1) is 10.8. The predicted octanol–water partition coefficient (Wildman–Crippen LogP) is 0.590. The van der Waals surface area contributed by atoms with Gasteiger partial charge in [-0.2, -0.15) is 0 Å². The molecular formula is C11H11FN2O2. The van der Waals surface area contributed by atoms with Crippen molar-refractivity contribution in [2.45, 2.75) is 13.0 Å². The number of amides is 1. The number of ketones is 1. The first-order valence-electron chi connectivity index (χ1n) is 4.93. The van der Waals surface area contributed by atoms with E-state index in [1.54, 1.807) is 6.07 Å². The Bertz CT molecular complexity index is 459. The Morgan fingerprint density at radius 3 is 2.69 bits per heavy atom. The van der Waals surface area contributed by atoms with Crippen LogP contribution in [-0.4, -0.2) is 18.2 Å². The van der Waals surface area contributed by atoms with Gasteiger partial charge in [0.1, 0.15) is 5.82 Å². The SMILES string of the molecule is NCc1c(F)cccc1N1CC(=O)CC1=O. The zero-order chi connectivity index (χ0) is 11.7. The highest BCUT2D eigenvalue weighted by atomic mass is 19.1. The summed E-state index contributed by atoms with van der Waals surface area (Å²) in [6.07, 6.45) is -0.111. The molecule has 2 rings (SSSR count). The van der Waals surface area contributed by atoms with Crippen molar-refractivity contribution in [2.75, 3.05) is 11.4 Å². The number of Topliss-reactive ketones (excluding diaryl/α,β-unsaturated/α-hetero) is 1. The Morgan fingerprint density at radius 2 is 2.12 bits per heavy atom. The van der Waals surface area contributed by atoms with E-state index in [9.17, 15) is 14.0 Å². The number of hydrogen-bond donors (Lipinski definition) is 1. The van der Waals surface area contributed by atoms with E-state index in [1.807, 2.05) is 0 Å². The molecule has 1 heterocycles. The number of hydrogen-bond acceptors (Lipinski definition) is 3. The summed E-state index contributed by atoms with van der Waals surface area (Å²) in [5.41, 5.74) is 6.11. The van der Waals surface area contributed by atoms with Gasteiger partial charge in [0, 0.05) is 12.1 Å². The van der Waals surface area contributed by atoms with E-state index in [2.05, 4.69) is 0 Å². The molecule has 1 saturated heterocycles. The normalized spacial score (nSPS) is 16.0. The van der Waals surface area contributed by atoms with E-state index in [-0.39, 0.29) is 36.8 Å². The first-order valence-corrected chi connectivity index (χ1v) is 4.93. The molecule has 1 aromatic rings. The number of anilines is 1. The fourth-order valence-corrected chi connectivity index (χ4v) is 1.81. The largest absolute Gasteiger partial charge is 0.326 e. The zero-order valence-electron chi connectivity index (χ0n) is 8.57. The van der Waals surface area contributed by atoms with E-state index in [1.165, 1.54) is 17.0 Å². The molecule has 0 unspecified atom stereocenters. The van der Waals surface area contributed by atoms with Gasteiger partial charge in [0.25, 0.3) is 0 Å². The molecule has 2 N–H and O–H groups in total. The van der Waals surface area contributed by atoms with E-state index >= 15 is 0 Å². The van der Waals surface area contributed by atoms with Crippen molar-refractivity contribution in [3.05, 3.63) is 29.6 Å². The number of halogens is 1. The molecule has 1 aliphatic heterocycles. The molecule has 1 aliphatic rings. The van der Waals surface area contributed by atoms with Crippen LogP contribution in [0.15, 0.2) is 18.2 Å². The second-order valence-corrected chi connectivity index (χ2v) is 3.64. The molecule has 16 heavy (non-hydrogen) atoms. The summed E-state index contributed by atoms with van der Waals surface area (Å²) in [5, 5.41) is 0. The number of nitrogens with zero attached hydrogens (tertiary/aromatic N) is 1. The summed E-state index contributed by atoms with van der Waals surface area (Å²) in [5.74, 6) is -0.908. The van der Waals surface area contributed by atoms with Crippen molar-refractivity contribution in [3.8, 4) is 0 Å². The van der Waals surface area contributed by atoms with Gasteiger partial charge >= 0.3 is 0 Å². The van der Waals surface area contributed by atoms with Gasteiger partial charge in [0.15, 0.2) is 5.78 Å². The summed E-state index contributed by atoms with van der Waals surface area (Å²) in [6, 6.07) is 4.38. The smallest absolute Gasteiger partial charge is 0.234 e. The quantitative estimate of drug-likeness (QED) is 0.745. The van der Waals surface area contributed by atoms with Crippen LogP contribution in [0.3, 0.4) is 0 Å². The van der Waals surface area contributed by atoms with Crippen LogP contribution in [0, 0.1) is 5.82 Å². The first-order chi connectivity index (χ1) is 7.63. The summed E-state index contributed by atoms with van der Waals surface area (Å²) in [6.45, 7) is 0.00919. The van der Waals surface area contributed by atoms with Crippen molar-refractivity contribution in [1.29, 1.82) is 0 Å². The van der Waals surface area contributed by atoms with E-state index < -0.39 is 5.82 Å². The fraction of sp³-hybridized carbons (Fsp3) is 0.273. The second-order valence-electron chi connectivity index (χ2n) is 3.64. The van der Waals surface area contributed by atoms with Crippen molar-refractivity contribution in [3.63, 3.8) is 0 Å². The van der Waals surface area contributed by atoms with Crippen LogP contribution < -0.4 is 10.6 Å². The lowest BCUT2D eigenvalue weighted by Gasteiger charge is -2.18. The van der Waals surface area contributed by atoms with Crippen molar-refractivity contribution >= 4 is 17.4 Å². The van der Waals surface area contributed by atoms with Crippen molar-refractivity contribution in [2.24, 2.45) is 5.73 Å². The summed E-state index contributed by atoms with van der Waals surface area (Å²) >= 11 is 0. The van der Waals surface area contributed by atoms with E-state index in [4.69, 9.17) is 5.73 Å². The third-order valence-corrected chi connectivity index (χ3v) is 2.57. The molecule has 1 aromatic carbocycles. The monoisotopic (exact) mass is 222 g/mol. The summed E-state index contributed by atoms with van der Waals surface area (Å²) < 4.78 is 13.4. The second kappa shape index (κ2) is 4.02. The molecule has 0 atom stereocenters. The van der Waals surface area contributed by atoms with Gasteiger partial charge < -0.3 is 10.6 Å². The Hall–Kier alpha value is -1.75. The lowest BCUT2D eigenvalue weighted by Crippen LogP contribution is -2.26. The minimum atomic E-state index is -0.452. The number of nitrogens with two attached hydrogens (primary N) is 1. The average Bonchev–Trinajstić information content (AvgIpc) is 2.57. The maximum Gasteiger partial charge on any atom is 0.234 e. The van der Waals surface area contributed by atoms with Gasteiger partial charge in [-0.05, 0) is 12.1 Å². The van der Waals surface area contributed by atoms with E-state index in [0.717, 1.165) is 0 Å². The Balaban J connectivity index is 2.44. The molecule has 84 valence electrons. The highest BCUT2D eigenvalue weighted by Gasteiger charge is 2.30. The van der Waals surface area contributed by atoms with Gasteiger partial charge in [0.05, 0.1) is 18.7 Å². The zero-order valence-corrected chi connectivity index (χ0v) is 8.57. The van der Waals surface area contributed by atoms with Crippen LogP contribution in [0.25, 0.3) is 0 Å². The summed E-state index contributed by atoms with van der Waals surface area (Å²) in [4.78, 5) is 23.9. The van der Waals surface area contributed by atoms with Crippen LogP contribution in [0.1, 0.15) is 12.0 Å². The number of benzene rings is 1. The Kier molecular flexibility index (Phi) is 2.70. The Morgan fingerprint density at radius 1 is 1.38 bits per heavy atom. The van der Waals surface area contributed by atoms with Gasteiger partial charge in [-0.1, -0.05) is 6.07 Å². The van der Waals surface area contributed by atoms with Gasteiger partial charge in [-0.25, -0.2) is 4.39 Å². The molecule has 1 fully saturated rings. The highest BCUT2D eigenvalue weighted by Crippen LogP contribution is 2.25. The molecule has 1 amide bonds. The van der Waals surface area contributed by atoms with Crippen LogP contribution in [0.4, 0.5) is 10.1 Å². The number of carbonyl (C=O) groups is 2. The highest BCUT2D eigenvalue weighted by molar-refractivity contribution is 6.15.